The highest BCUT2D eigenvalue weighted by Gasteiger charge is 2.17. The maximum absolute atomic E-state index is 11.3. The van der Waals surface area contributed by atoms with E-state index in [-0.39, 0.29) is 0 Å². The number of carboxylic acids is 1. The highest BCUT2D eigenvalue weighted by Crippen LogP contribution is 2.27. The standard InChI is InChI=1S/C32H30O4/c1-2-35-31(32(33)34)23-24-13-19-29(20-14-24)36-22-21-30(27-11-7-4-8-12-27)28-17-15-26(16-18-28)25-9-5-3-6-10-25/h3-21,31H,2,22-23H2,1H3,(H,33,34)/b30-21-. The van der Waals surface area contributed by atoms with E-state index in [9.17, 15) is 9.90 Å². The molecule has 0 saturated carbocycles. The van der Waals surface area contributed by atoms with Crippen LogP contribution in [0.4, 0.5) is 0 Å². The van der Waals surface area contributed by atoms with Crippen molar-refractivity contribution < 1.29 is 19.4 Å². The zero-order chi connectivity index (χ0) is 25.2. The van der Waals surface area contributed by atoms with Gasteiger partial charge in [0.1, 0.15) is 12.4 Å². The van der Waals surface area contributed by atoms with Crippen LogP contribution in [0.25, 0.3) is 16.7 Å². The summed E-state index contributed by atoms with van der Waals surface area (Å²) in [5, 5.41) is 9.29. The Morgan fingerprint density at radius 2 is 1.36 bits per heavy atom. The van der Waals surface area contributed by atoms with E-state index in [2.05, 4.69) is 54.6 Å². The van der Waals surface area contributed by atoms with Crippen LogP contribution in [0.3, 0.4) is 0 Å². The van der Waals surface area contributed by atoms with Crippen molar-refractivity contribution in [2.45, 2.75) is 19.4 Å². The Labute approximate surface area is 212 Å². The molecular weight excluding hydrogens is 448 g/mol. The van der Waals surface area contributed by atoms with Gasteiger partial charge in [0, 0.05) is 13.0 Å². The van der Waals surface area contributed by atoms with E-state index >= 15 is 0 Å². The van der Waals surface area contributed by atoms with Crippen LogP contribution in [0.5, 0.6) is 5.75 Å². The van der Waals surface area contributed by atoms with Gasteiger partial charge in [0.05, 0.1) is 0 Å². The van der Waals surface area contributed by atoms with Gasteiger partial charge in [-0.05, 0) is 58.5 Å². The first-order valence-corrected chi connectivity index (χ1v) is 12.1. The first-order valence-electron chi connectivity index (χ1n) is 12.1. The van der Waals surface area contributed by atoms with Crippen LogP contribution >= 0.6 is 0 Å². The van der Waals surface area contributed by atoms with Gasteiger partial charge in [0.2, 0.25) is 0 Å². The highest BCUT2D eigenvalue weighted by molar-refractivity contribution is 5.81. The van der Waals surface area contributed by atoms with Crippen molar-refractivity contribution in [3.8, 4) is 16.9 Å². The van der Waals surface area contributed by atoms with Crippen molar-refractivity contribution >= 4 is 11.5 Å². The lowest BCUT2D eigenvalue weighted by molar-refractivity contribution is -0.149. The Hall–Kier alpha value is -4.15. The maximum atomic E-state index is 11.3. The third kappa shape index (κ3) is 6.71. The van der Waals surface area contributed by atoms with Crippen molar-refractivity contribution in [2.75, 3.05) is 13.2 Å². The van der Waals surface area contributed by atoms with Crippen molar-refractivity contribution in [1.29, 1.82) is 0 Å². The molecule has 4 aromatic carbocycles. The van der Waals surface area contributed by atoms with Crippen molar-refractivity contribution in [2.24, 2.45) is 0 Å². The maximum Gasteiger partial charge on any atom is 0.333 e. The smallest absolute Gasteiger partial charge is 0.333 e. The molecule has 182 valence electrons. The Morgan fingerprint density at radius 3 is 1.97 bits per heavy atom. The first kappa shape index (κ1) is 25.0. The summed E-state index contributed by atoms with van der Waals surface area (Å²) in [5.41, 5.74) is 6.61. The fraction of sp³-hybridized carbons (Fsp3) is 0.156. The molecule has 0 amide bonds. The molecule has 0 radical (unpaired) electrons. The fourth-order valence-electron chi connectivity index (χ4n) is 4.07. The summed E-state index contributed by atoms with van der Waals surface area (Å²) < 4.78 is 11.3. The lowest BCUT2D eigenvalue weighted by Gasteiger charge is -2.13. The quantitative estimate of drug-likeness (QED) is 0.255. The van der Waals surface area contributed by atoms with Crippen LogP contribution in [-0.2, 0) is 16.0 Å². The topological polar surface area (TPSA) is 55.8 Å². The van der Waals surface area contributed by atoms with Crippen molar-refractivity contribution in [3.63, 3.8) is 0 Å². The molecule has 0 aromatic heterocycles. The van der Waals surface area contributed by atoms with E-state index in [4.69, 9.17) is 9.47 Å². The summed E-state index contributed by atoms with van der Waals surface area (Å²) in [6, 6.07) is 36.7. The predicted molar refractivity (Wildman–Crippen MR) is 144 cm³/mol. The highest BCUT2D eigenvalue weighted by atomic mass is 16.5. The molecule has 4 aromatic rings. The molecule has 4 heteroatoms. The van der Waals surface area contributed by atoms with Crippen LogP contribution in [0.1, 0.15) is 23.6 Å². The minimum atomic E-state index is -0.951. The fourth-order valence-corrected chi connectivity index (χ4v) is 4.07. The number of carbonyl (C=O) groups is 1. The third-order valence-electron chi connectivity index (χ3n) is 5.91. The van der Waals surface area contributed by atoms with E-state index in [0.29, 0.717) is 19.6 Å². The number of hydrogen-bond acceptors (Lipinski definition) is 3. The Balaban J connectivity index is 1.47. The van der Waals surface area contributed by atoms with Crippen molar-refractivity contribution in [1.82, 2.24) is 0 Å². The van der Waals surface area contributed by atoms with Crippen LogP contribution < -0.4 is 4.74 Å². The van der Waals surface area contributed by atoms with Gasteiger partial charge >= 0.3 is 5.97 Å². The molecule has 0 bridgehead atoms. The van der Waals surface area contributed by atoms with E-state index in [1.807, 2.05) is 60.7 Å². The van der Waals surface area contributed by atoms with E-state index in [1.54, 1.807) is 6.92 Å². The minimum Gasteiger partial charge on any atom is -0.490 e. The molecule has 4 nitrogen and oxygen atoms in total. The van der Waals surface area contributed by atoms with E-state index in [0.717, 1.165) is 28.0 Å². The molecule has 1 atom stereocenters. The van der Waals surface area contributed by atoms with Gasteiger partial charge in [0.15, 0.2) is 6.10 Å². The molecule has 36 heavy (non-hydrogen) atoms. The van der Waals surface area contributed by atoms with Crippen LogP contribution in [-0.4, -0.2) is 30.4 Å². The second kappa shape index (κ2) is 12.5. The average Bonchev–Trinajstić information content (AvgIpc) is 2.93. The monoisotopic (exact) mass is 478 g/mol. The number of carboxylic acid groups (broad SMARTS) is 1. The van der Waals surface area contributed by atoms with Gasteiger partial charge in [0.25, 0.3) is 0 Å². The molecule has 0 aliphatic heterocycles. The second-order valence-corrected chi connectivity index (χ2v) is 8.37. The first-order chi connectivity index (χ1) is 17.6. The van der Waals surface area contributed by atoms with Gasteiger partial charge in [-0.2, -0.15) is 0 Å². The minimum absolute atomic E-state index is 0.320. The molecule has 0 saturated heterocycles. The second-order valence-electron chi connectivity index (χ2n) is 8.37. The van der Waals surface area contributed by atoms with Gasteiger partial charge in [-0.1, -0.05) is 97.1 Å². The van der Waals surface area contributed by atoms with E-state index < -0.39 is 12.1 Å². The SMILES string of the molecule is CCOC(Cc1ccc(OC/C=C(/c2ccccc2)c2ccc(-c3ccccc3)cc2)cc1)C(=O)O. The summed E-state index contributed by atoms with van der Waals surface area (Å²) in [6.07, 6.45) is 1.57. The van der Waals surface area contributed by atoms with Crippen LogP contribution in [0, 0.1) is 0 Å². The molecule has 1 N–H and O–H groups in total. The van der Waals surface area contributed by atoms with Gasteiger partial charge in [-0.25, -0.2) is 4.79 Å². The Morgan fingerprint density at radius 1 is 0.778 bits per heavy atom. The molecule has 0 heterocycles. The molecule has 0 spiro atoms. The molecule has 0 aliphatic carbocycles. The molecule has 4 rings (SSSR count). The van der Waals surface area contributed by atoms with Crippen LogP contribution in [0.15, 0.2) is 115 Å². The summed E-state index contributed by atoms with van der Waals surface area (Å²) in [4.78, 5) is 11.3. The summed E-state index contributed by atoms with van der Waals surface area (Å²) >= 11 is 0. The number of ether oxygens (including phenoxy) is 2. The van der Waals surface area contributed by atoms with Gasteiger partial charge in [-0.15, -0.1) is 0 Å². The Bertz CT molecular complexity index is 1260. The lowest BCUT2D eigenvalue weighted by Crippen LogP contribution is -2.26. The van der Waals surface area contributed by atoms with E-state index in [1.165, 1.54) is 11.1 Å². The average molecular weight is 479 g/mol. The van der Waals surface area contributed by atoms with Crippen LogP contribution in [0.2, 0.25) is 0 Å². The largest absolute Gasteiger partial charge is 0.490 e. The van der Waals surface area contributed by atoms with Gasteiger partial charge in [-0.3, -0.25) is 0 Å². The number of hydrogen-bond donors (Lipinski definition) is 1. The Kier molecular flexibility index (Phi) is 8.68. The summed E-state index contributed by atoms with van der Waals surface area (Å²) in [6.45, 7) is 2.56. The predicted octanol–water partition coefficient (Wildman–Crippen LogP) is 6.90. The molecule has 1 unspecified atom stereocenters. The third-order valence-corrected chi connectivity index (χ3v) is 5.91. The molecule has 0 fully saturated rings. The number of benzene rings is 4. The van der Waals surface area contributed by atoms with Gasteiger partial charge < -0.3 is 14.6 Å². The zero-order valence-electron chi connectivity index (χ0n) is 20.3. The normalized spacial score (nSPS) is 12.2. The molecular formula is C32H30O4. The molecule has 0 aliphatic rings. The zero-order valence-corrected chi connectivity index (χ0v) is 20.3. The summed E-state index contributed by atoms with van der Waals surface area (Å²) in [7, 11) is 0. The number of rotatable bonds is 11. The number of aliphatic carboxylic acids is 1. The summed E-state index contributed by atoms with van der Waals surface area (Å²) in [5.74, 6) is -0.224. The van der Waals surface area contributed by atoms with Crippen molar-refractivity contribution in [3.05, 3.63) is 132 Å². The lowest BCUT2D eigenvalue weighted by atomic mass is 9.95.